The van der Waals surface area contributed by atoms with Crippen LogP contribution in [0.2, 0.25) is 0 Å². The van der Waals surface area contributed by atoms with E-state index in [9.17, 15) is 14.7 Å². The Bertz CT molecular complexity index is 618. The fourth-order valence-corrected chi connectivity index (χ4v) is 1.38. The Labute approximate surface area is 89.5 Å². The number of carbonyl (C=O) groups excluding carboxylic acids is 1. The molecule has 2 N–H and O–H groups in total. The van der Waals surface area contributed by atoms with Gasteiger partial charge in [0.2, 0.25) is 0 Å². The van der Waals surface area contributed by atoms with Crippen molar-refractivity contribution >= 4 is 16.9 Å². The van der Waals surface area contributed by atoms with Crippen LogP contribution in [0, 0.1) is 0 Å². The highest BCUT2D eigenvalue weighted by atomic mass is 16.5. The summed E-state index contributed by atoms with van der Waals surface area (Å²) in [7, 11) is 1.19. The number of nitrogens with zero attached hydrogens (tertiary/aromatic N) is 1. The van der Waals surface area contributed by atoms with Crippen LogP contribution in [-0.2, 0) is 4.74 Å². The van der Waals surface area contributed by atoms with Gasteiger partial charge in [0.25, 0.3) is 5.56 Å². The molecule has 0 unspecified atom stereocenters. The van der Waals surface area contributed by atoms with Gasteiger partial charge in [-0.3, -0.25) is 4.79 Å². The molecule has 82 valence electrons. The van der Waals surface area contributed by atoms with Crippen molar-refractivity contribution < 1.29 is 14.6 Å². The molecule has 6 nitrogen and oxygen atoms in total. The average Bonchev–Trinajstić information content (AvgIpc) is 2.28. The number of hydrogen-bond acceptors (Lipinski definition) is 5. The number of benzene rings is 1. The zero-order valence-corrected chi connectivity index (χ0v) is 8.35. The summed E-state index contributed by atoms with van der Waals surface area (Å²) in [6, 6.07) is 2.50. The minimum absolute atomic E-state index is 0.0616. The van der Waals surface area contributed by atoms with Gasteiger partial charge < -0.3 is 14.8 Å². The van der Waals surface area contributed by atoms with Crippen LogP contribution in [0.25, 0.3) is 10.9 Å². The lowest BCUT2D eigenvalue weighted by Crippen LogP contribution is -2.09. The molecule has 0 aliphatic rings. The number of ether oxygens (including phenoxy) is 1. The first-order valence-corrected chi connectivity index (χ1v) is 4.42. The first-order valence-electron chi connectivity index (χ1n) is 4.42. The van der Waals surface area contributed by atoms with E-state index in [-0.39, 0.29) is 22.3 Å². The summed E-state index contributed by atoms with van der Waals surface area (Å²) in [6.45, 7) is 0. The topological polar surface area (TPSA) is 92.3 Å². The standard InChI is InChI=1S/C10H8N2O4/c1-16-10(15)6-2-5-7(3-8(6)13)11-4-12-9(5)14/h2-4,13H,1H3,(H,11,12,14). The van der Waals surface area contributed by atoms with Crippen LogP contribution in [0.1, 0.15) is 10.4 Å². The van der Waals surface area contributed by atoms with Crippen LogP contribution < -0.4 is 5.56 Å². The molecule has 1 heterocycles. The molecule has 0 saturated heterocycles. The second-order valence-corrected chi connectivity index (χ2v) is 3.11. The minimum Gasteiger partial charge on any atom is -0.507 e. The van der Waals surface area contributed by atoms with Gasteiger partial charge in [-0.15, -0.1) is 0 Å². The number of rotatable bonds is 1. The van der Waals surface area contributed by atoms with E-state index in [1.807, 2.05) is 0 Å². The first-order chi connectivity index (χ1) is 7.63. The van der Waals surface area contributed by atoms with E-state index in [4.69, 9.17) is 0 Å². The van der Waals surface area contributed by atoms with Crippen LogP contribution in [-0.4, -0.2) is 28.2 Å². The number of aromatic amines is 1. The minimum atomic E-state index is -0.706. The maximum Gasteiger partial charge on any atom is 0.341 e. The lowest BCUT2D eigenvalue weighted by Gasteiger charge is -2.03. The number of nitrogens with one attached hydrogen (secondary N) is 1. The molecule has 1 aromatic heterocycles. The van der Waals surface area contributed by atoms with E-state index < -0.39 is 5.97 Å². The lowest BCUT2D eigenvalue weighted by atomic mass is 10.1. The Morgan fingerprint density at radius 3 is 2.94 bits per heavy atom. The number of hydrogen-bond donors (Lipinski definition) is 2. The zero-order chi connectivity index (χ0) is 11.7. The number of aromatic nitrogens is 2. The van der Waals surface area contributed by atoms with Crippen molar-refractivity contribution in [2.75, 3.05) is 7.11 Å². The van der Waals surface area contributed by atoms with Gasteiger partial charge in [0.05, 0.1) is 24.3 Å². The van der Waals surface area contributed by atoms with E-state index in [1.165, 1.54) is 25.6 Å². The molecule has 0 radical (unpaired) electrons. The summed E-state index contributed by atoms with van der Waals surface area (Å²) in [5, 5.41) is 9.77. The van der Waals surface area contributed by atoms with Gasteiger partial charge in [0.1, 0.15) is 11.3 Å². The van der Waals surface area contributed by atoms with Crippen molar-refractivity contribution in [2.24, 2.45) is 0 Å². The summed E-state index contributed by atoms with van der Waals surface area (Å²) in [4.78, 5) is 28.9. The summed E-state index contributed by atoms with van der Waals surface area (Å²) >= 11 is 0. The molecule has 0 amide bonds. The molecule has 6 heteroatoms. The molecule has 2 aromatic rings. The Morgan fingerprint density at radius 1 is 1.50 bits per heavy atom. The van der Waals surface area contributed by atoms with Crippen molar-refractivity contribution in [1.29, 1.82) is 0 Å². The molecular formula is C10H8N2O4. The van der Waals surface area contributed by atoms with Crippen molar-refractivity contribution in [3.05, 3.63) is 34.4 Å². The number of esters is 1. The van der Waals surface area contributed by atoms with Crippen LogP contribution in [0.5, 0.6) is 5.75 Å². The fourth-order valence-electron chi connectivity index (χ4n) is 1.38. The Kier molecular flexibility index (Phi) is 2.32. The molecule has 0 aliphatic carbocycles. The van der Waals surface area contributed by atoms with Gasteiger partial charge in [-0.25, -0.2) is 9.78 Å². The van der Waals surface area contributed by atoms with Gasteiger partial charge in [0, 0.05) is 6.07 Å². The highest BCUT2D eigenvalue weighted by Gasteiger charge is 2.14. The molecule has 2 rings (SSSR count). The fraction of sp³-hybridized carbons (Fsp3) is 0.100. The van der Waals surface area contributed by atoms with Crippen molar-refractivity contribution in [3.63, 3.8) is 0 Å². The third-order valence-corrected chi connectivity index (χ3v) is 2.16. The van der Waals surface area contributed by atoms with E-state index >= 15 is 0 Å². The second kappa shape index (κ2) is 3.65. The molecule has 0 spiro atoms. The van der Waals surface area contributed by atoms with Gasteiger partial charge in [-0.2, -0.15) is 0 Å². The van der Waals surface area contributed by atoms with Crippen molar-refractivity contribution in [1.82, 2.24) is 9.97 Å². The second-order valence-electron chi connectivity index (χ2n) is 3.11. The predicted octanol–water partition coefficient (Wildman–Crippen LogP) is 0.415. The first kappa shape index (κ1) is 10.2. The number of aromatic hydroxyl groups is 1. The summed E-state index contributed by atoms with van der Waals surface area (Å²) in [5.41, 5.74) is -0.127. The van der Waals surface area contributed by atoms with Crippen molar-refractivity contribution in [3.8, 4) is 5.75 Å². The largest absolute Gasteiger partial charge is 0.507 e. The van der Waals surface area contributed by atoms with Gasteiger partial charge in [-0.05, 0) is 6.07 Å². The summed E-state index contributed by atoms with van der Waals surface area (Å²) < 4.78 is 4.47. The van der Waals surface area contributed by atoms with Crippen LogP contribution in [0.15, 0.2) is 23.3 Å². The monoisotopic (exact) mass is 220 g/mol. The van der Waals surface area contributed by atoms with E-state index in [0.29, 0.717) is 5.52 Å². The molecule has 0 bridgehead atoms. The number of carbonyl (C=O) groups is 1. The van der Waals surface area contributed by atoms with Crippen LogP contribution in [0.3, 0.4) is 0 Å². The van der Waals surface area contributed by atoms with E-state index in [0.717, 1.165) is 0 Å². The molecule has 1 aromatic carbocycles. The smallest absolute Gasteiger partial charge is 0.341 e. The molecule has 0 aliphatic heterocycles. The summed E-state index contributed by atoms with van der Waals surface area (Å²) in [6.07, 6.45) is 1.22. The quantitative estimate of drug-likeness (QED) is 0.679. The summed E-state index contributed by atoms with van der Waals surface area (Å²) in [5.74, 6) is -0.972. The maximum atomic E-state index is 11.4. The number of H-pyrrole nitrogens is 1. The molecular weight excluding hydrogens is 212 g/mol. The number of methoxy groups -OCH3 is 1. The number of phenolic OH excluding ortho intramolecular Hbond substituents is 1. The highest BCUT2D eigenvalue weighted by Crippen LogP contribution is 2.22. The normalized spacial score (nSPS) is 10.3. The maximum absolute atomic E-state index is 11.4. The van der Waals surface area contributed by atoms with Crippen LogP contribution >= 0.6 is 0 Å². The van der Waals surface area contributed by atoms with Gasteiger partial charge in [-0.1, -0.05) is 0 Å². The third kappa shape index (κ3) is 1.50. The molecule has 0 fully saturated rings. The van der Waals surface area contributed by atoms with Crippen LogP contribution in [0.4, 0.5) is 0 Å². The van der Waals surface area contributed by atoms with Gasteiger partial charge in [0.15, 0.2) is 0 Å². The van der Waals surface area contributed by atoms with E-state index in [1.54, 1.807) is 0 Å². The Balaban J connectivity index is 2.79. The molecule has 0 saturated carbocycles. The number of fused-ring (bicyclic) bond motifs is 1. The highest BCUT2D eigenvalue weighted by molar-refractivity contribution is 5.97. The zero-order valence-electron chi connectivity index (χ0n) is 8.35. The number of phenols is 1. The SMILES string of the molecule is COC(=O)c1cc2c(=O)[nH]cnc2cc1O. The molecule has 16 heavy (non-hydrogen) atoms. The Morgan fingerprint density at radius 2 is 2.25 bits per heavy atom. The Hall–Kier alpha value is -2.37. The average molecular weight is 220 g/mol. The predicted molar refractivity (Wildman–Crippen MR) is 55.4 cm³/mol. The molecule has 0 atom stereocenters. The van der Waals surface area contributed by atoms with Crippen molar-refractivity contribution in [2.45, 2.75) is 0 Å². The third-order valence-electron chi connectivity index (χ3n) is 2.16. The van der Waals surface area contributed by atoms with Gasteiger partial charge >= 0.3 is 5.97 Å². The van der Waals surface area contributed by atoms with E-state index in [2.05, 4.69) is 14.7 Å². The lowest BCUT2D eigenvalue weighted by molar-refractivity contribution is 0.0597.